The maximum absolute atomic E-state index is 10.5. The van der Waals surface area contributed by atoms with Crippen LogP contribution >= 0.6 is 0 Å². The summed E-state index contributed by atoms with van der Waals surface area (Å²) in [5.74, 6) is 0.685. The molecule has 0 rings (SSSR count). The van der Waals surface area contributed by atoms with Crippen molar-refractivity contribution in [2.75, 3.05) is 88.5 Å². The van der Waals surface area contributed by atoms with Gasteiger partial charge in [0.1, 0.15) is 0 Å². The van der Waals surface area contributed by atoms with E-state index in [2.05, 4.69) is 26.3 Å². The van der Waals surface area contributed by atoms with Crippen molar-refractivity contribution in [2.24, 2.45) is 0 Å². The summed E-state index contributed by atoms with van der Waals surface area (Å²) >= 11 is 0. The number of carbonyl (C=O) groups is 1. The van der Waals surface area contributed by atoms with Crippen molar-refractivity contribution < 1.29 is 38.5 Å². The molecule has 0 fully saturated rings. The number of amidine groups is 1. The zero-order valence-electron chi connectivity index (χ0n) is 26.9. The average molecular weight is 711 g/mol. The Kier molecular flexibility index (Phi) is 52.4. The van der Waals surface area contributed by atoms with E-state index in [4.69, 9.17) is 5.41 Å². The quantitative estimate of drug-likeness (QED) is 0.256. The number of nitrogens with one attached hydrogen (secondary N) is 1. The highest BCUT2D eigenvalue weighted by Gasteiger charge is 2.20. The number of hydrogen-bond acceptors (Lipinski definition) is 10. The van der Waals surface area contributed by atoms with Crippen LogP contribution in [0.1, 0.15) is 36.1 Å². The van der Waals surface area contributed by atoms with E-state index in [9.17, 15) is 38.5 Å². The Balaban J connectivity index is -0.0000000382. The molecule has 0 heterocycles. The lowest BCUT2D eigenvalue weighted by molar-refractivity contribution is -0.126. The molecule has 0 radical (unpaired) electrons. The van der Waals surface area contributed by atoms with Crippen molar-refractivity contribution >= 4 is 51.8 Å². The fourth-order valence-corrected chi connectivity index (χ4v) is 2.21. The van der Waals surface area contributed by atoms with Crippen LogP contribution in [0.25, 0.3) is 0 Å². The molecule has 19 heteroatoms. The van der Waals surface area contributed by atoms with Gasteiger partial charge in [-0.3, -0.25) is 10.2 Å². The summed E-state index contributed by atoms with van der Waals surface area (Å²) in [7, 11) is 1.08. The molecule has 0 aliphatic heterocycles. The van der Waals surface area contributed by atoms with E-state index in [0.717, 1.165) is 40.7 Å². The Bertz CT molecular complexity index is 1020. The van der Waals surface area contributed by atoms with Crippen LogP contribution in [0.15, 0.2) is 26.3 Å². The van der Waals surface area contributed by atoms with Crippen molar-refractivity contribution in [1.82, 2.24) is 22.1 Å². The lowest BCUT2D eigenvalue weighted by Gasteiger charge is -2.09. The standard InChI is InChI=1S/C4H10N2.C4H9NO.C3H9NO4S2.2C3H9NO2S.2C2H4.3CH4/c1-4(5)6(2)3;1-4(6)5(2)3;1-4(9(2,5)6)10(3,7)8;2*1-4(2)7(3,5)6;2*1-2;;;/h5H,1-3H3;1-3H3;1-3H3;2*1-3H3;2*1-2H2;3*1H4. The van der Waals surface area contributed by atoms with Gasteiger partial charge >= 0.3 is 0 Å². The maximum Gasteiger partial charge on any atom is 0.223 e. The van der Waals surface area contributed by atoms with E-state index < -0.39 is 40.1 Å². The first-order valence-corrected chi connectivity index (χ1v) is 18.0. The van der Waals surface area contributed by atoms with E-state index in [1.165, 1.54) is 40.0 Å². The summed E-state index contributed by atoms with van der Waals surface area (Å²) in [5, 5.41) is 6.88. The second-order valence-electron chi connectivity index (χ2n) is 7.89. The molecule has 0 atom stereocenters. The highest BCUT2D eigenvalue weighted by molar-refractivity contribution is 8.03. The Morgan fingerprint density at radius 2 is 0.605 bits per heavy atom. The molecule has 0 aliphatic carbocycles. The molecule has 0 bridgehead atoms. The smallest absolute Gasteiger partial charge is 0.223 e. The fraction of sp³-hybridized carbons (Fsp3) is 0.750. The van der Waals surface area contributed by atoms with Crippen molar-refractivity contribution in [1.29, 1.82) is 5.41 Å². The minimum absolute atomic E-state index is 0. The summed E-state index contributed by atoms with van der Waals surface area (Å²) in [6.07, 6.45) is 3.97. The van der Waals surface area contributed by atoms with Gasteiger partial charge < -0.3 is 9.80 Å². The number of hydrogen-bond donors (Lipinski definition) is 1. The summed E-state index contributed by atoms with van der Waals surface area (Å²) in [4.78, 5) is 13.3. The molecule has 43 heavy (non-hydrogen) atoms. The fourth-order valence-electron chi connectivity index (χ4n) is 0.246. The minimum Gasteiger partial charge on any atom is -0.367 e. The number of rotatable bonds is 4. The lowest BCUT2D eigenvalue weighted by atomic mass is 10.6. The van der Waals surface area contributed by atoms with Gasteiger partial charge in [0, 0.05) is 70.4 Å². The van der Waals surface area contributed by atoms with Gasteiger partial charge in [-0.1, -0.05) is 26.0 Å². The van der Waals surface area contributed by atoms with E-state index >= 15 is 0 Å². The molecular formula is C24H66N6O9S4. The Morgan fingerprint density at radius 1 is 0.488 bits per heavy atom. The van der Waals surface area contributed by atoms with Crippen molar-refractivity contribution in [3.05, 3.63) is 26.3 Å². The maximum atomic E-state index is 10.5. The third kappa shape index (κ3) is 64.2. The molecule has 0 aromatic rings. The van der Waals surface area contributed by atoms with Crippen molar-refractivity contribution in [2.45, 2.75) is 36.1 Å². The molecule has 270 valence electrons. The lowest BCUT2D eigenvalue weighted by Crippen LogP contribution is -2.31. The predicted octanol–water partition coefficient (Wildman–Crippen LogP) is 2.00. The average Bonchev–Trinajstić information content (AvgIpc) is 2.75. The van der Waals surface area contributed by atoms with E-state index in [-0.39, 0.29) is 28.2 Å². The molecule has 0 spiro atoms. The predicted molar refractivity (Wildman–Crippen MR) is 189 cm³/mol. The SMILES string of the molecule is C.C.C.C=C.C=C.CC(=N)N(C)C.CC(=O)N(C)C.CN(C)S(C)(=O)=O.CN(C)S(C)(=O)=O.CN(S(C)(=O)=O)S(C)(=O)=O. The molecule has 0 aliphatic rings. The highest BCUT2D eigenvalue weighted by Crippen LogP contribution is 1.98. The van der Waals surface area contributed by atoms with Crippen LogP contribution in [0.4, 0.5) is 0 Å². The highest BCUT2D eigenvalue weighted by atomic mass is 32.3. The normalized spacial score (nSPS) is 9.72. The van der Waals surface area contributed by atoms with Crippen LogP contribution in [0.2, 0.25) is 0 Å². The van der Waals surface area contributed by atoms with Crippen LogP contribution in [-0.2, 0) is 44.9 Å². The zero-order valence-corrected chi connectivity index (χ0v) is 30.1. The third-order valence-electron chi connectivity index (χ3n) is 3.56. The van der Waals surface area contributed by atoms with Gasteiger partial charge in [-0.2, -0.15) is 0 Å². The van der Waals surface area contributed by atoms with Crippen LogP contribution < -0.4 is 0 Å². The van der Waals surface area contributed by atoms with Crippen LogP contribution in [-0.4, -0.2) is 156 Å². The minimum atomic E-state index is -3.62. The van der Waals surface area contributed by atoms with Gasteiger partial charge in [-0.15, -0.1) is 26.3 Å². The monoisotopic (exact) mass is 710 g/mol. The van der Waals surface area contributed by atoms with Gasteiger partial charge in [-0.25, -0.2) is 42.3 Å². The van der Waals surface area contributed by atoms with Gasteiger partial charge in [0.2, 0.25) is 46.0 Å². The first-order chi connectivity index (χ1) is 17.3. The van der Waals surface area contributed by atoms with Crippen LogP contribution in [0.3, 0.4) is 0 Å². The van der Waals surface area contributed by atoms with Gasteiger partial charge in [0.05, 0.1) is 30.9 Å². The Labute approximate surface area is 267 Å². The summed E-state index contributed by atoms with van der Waals surface area (Å²) < 4.78 is 85.8. The largest absolute Gasteiger partial charge is 0.367 e. The summed E-state index contributed by atoms with van der Waals surface area (Å²) in [6, 6.07) is 0. The molecule has 0 aromatic carbocycles. The Hall–Kier alpha value is -1.90. The summed E-state index contributed by atoms with van der Waals surface area (Å²) in [5.41, 5.74) is 0. The van der Waals surface area contributed by atoms with Crippen molar-refractivity contribution in [3.63, 3.8) is 0 Å². The van der Waals surface area contributed by atoms with Gasteiger partial charge in [-0.05, 0) is 6.92 Å². The second kappa shape index (κ2) is 33.0. The van der Waals surface area contributed by atoms with E-state index in [0.29, 0.717) is 9.55 Å². The molecule has 0 saturated carbocycles. The first-order valence-electron chi connectivity index (χ1n) is 10.6. The number of nitrogens with zero attached hydrogens (tertiary/aromatic N) is 5. The van der Waals surface area contributed by atoms with Crippen molar-refractivity contribution in [3.8, 4) is 0 Å². The first kappa shape index (κ1) is 68.3. The topological polar surface area (TPSA) is 194 Å². The van der Waals surface area contributed by atoms with Crippen LogP contribution in [0.5, 0.6) is 0 Å². The molecule has 0 unspecified atom stereocenters. The zero-order chi connectivity index (χ0) is 35.0. The number of sulfonamides is 4. The molecule has 0 saturated heterocycles. The third-order valence-corrected chi connectivity index (χ3v) is 9.71. The molecular weight excluding hydrogens is 645 g/mol. The molecule has 15 nitrogen and oxygen atoms in total. The molecule has 1 N–H and O–H groups in total. The number of carbonyl (C=O) groups excluding carboxylic acids is 1. The van der Waals surface area contributed by atoms with E-state index in [1.54, 1.807) is 25.9 Å². The Morgan fingerprint density at radius 3 is 0.605 bits per heavy atom. The molecule has 1 amide bonds. The number of amides is 1. The summed E-state index contributed by atoms with van der Waals surface area (Å²) in [6.45, 7) is 15.3. The molecule has 0 aromatic heterocycles. The second-order valence-corrected chi connectivity index (χ2v) is 16.5. The van der Waals surface area contributed by atoms with Gasteiger partial charge in [0.25, 0.3) is 0 Å². The van der Waals surface area contributed by atoms with E-state index in [1.807, 2.05) is 14.1 Å². The van der Waals surface area contributed by atoms with Gasteiger partial charge in [0.15, 0.2) is 0 Å². The van der Waals surface area contributed by atoms with Crippen LogP contribution in [0, 0.1) is 5.41 Å².